The summed E-state index contributed by atoms with van der Waals surface area (Å²) in [6, 6.07) is 4.86. The topological polar surface area (TPSA) is 40.5 Å². The average Bonchev–Trinajstić information content (AvgIpc) is 2.03. The van der Waals surface area contributed by atoms with Gasteiger partial charge in [0, 0.05) is 23.1 Å². The van der Waals surface area contributed by atoms with Crippen LogP contribution >= 0.6 is 23.2 Å². The molecule has 0 saturated heterocycles. The predicted octanol–water partition coefficient (Wildman–Crippen LogP) is 2.41. The van der Waals surface area contributed by atoms with Crippen LogP contribution < -0.4 is 0 Å². The second kappa shape index (κ2) is 4.82. The third-order valence-electron chi connectivity index (χ3n) is 1.67. The van der Waals surface area contributed by atoms with Gasteiger partial charge in [0.15, 0.2) is 0 Å². The van der Waals surface area contributed by atoms with Crippen LogP contribution in [0.5, 0.6) is 0 Å². The smallest absolute Gasteiger partial charge is 0.0812 e. The van der Waals surface area contributed by atoms with Gasteiger partial charge in [-0.15, -0.1) is 0 Å². The maximum Gasteiger partial charge on any atom is 0.0812 e. The molecule has 0 aromatic heterocycles. The molecule has 0 saturated carbocycles. The normalized spacial score (nSPS) is 12.9. The highest BCUT2D eigenvalue weighted by atomic mass is 35.5. The van der Waals surface area contributed by atoms with Crippen LogP contribution in [0, 0.1) is 0 Å². The Hall–Kier alpha value is -0.280. The molecule has 1 aromatic rings. The van der Waals surface area contributed by atoms with Crippen LogP contribution in [0.3, 0.4) is 0 Å². The van der Waals surface area contributed by atoms with E-state index >= 15 is 0 Å². The van der Waals surface area contributed by atoms with Crippen molar-refractivity contribution < 1.29 is 10.2 Å². The lowest BCUT2D eigenvalue weighted by Gasteiger charge is -2.09. The van der Waals surface area contributed by atoms with E-state index in [2.05, 4.69) is 0 Å². The van der Waals surface area contributed by atoms with Crippen molar-refractivity contribution in [3.05, 3.63) is 33.8 Å². The van der Waals surface area contributed by atoms with E-state index in [0.29, 0.717) is 15.6 Å². The first-order valence-electron chi connectivity index (χ1n) is 3.88. The monoisotopic (exact) mass is 220 g/mol. The quantitative estimate of drug-likeness (QED) is 0.822. The molecule has 1 aromatic carbocycles. The van der Waals surface area contributed by atoms with Crippen LogP contribution in [0.25, 0.3) is 0 Å². The molecule has 0 radical (unpaired) electrons. The molecule has 13 heavy (non-hydrogen) atoms. The van der Waals surface area contributed by atoms with Crippen molar-refractivity contribution in [2.75, 3.05) is 6.61 Å². The van der Waals surface area contributed by atoms with E-state index < -0.39 is 6.10 Å². The molecule has 0 aliphatic carbocycles. The molecule has 0 heterocycles. The van der Waals surface area contributed by atoms with E-state index in [4.69, 9.17) is 28.3 Å². The fourth-order valence-corrected chi connectivity index (χ4v) is 1.60. The van der Waals surface area contributed by atoms with Crippen molar-refractivity contribution in [3.63, 3.8) is 0 Å². The van der Waals surface area contributed by atoms with E-state index in [1.165, 1.54) is 0 Å². The molecule has 0 aliphatic rings. The molecule has 0 spiro atoms. The summed E-state index contributed by atoms with van der Waals surface area (Å²) in [7, 11) is 0. The number of aliphatic hydroxyl groups is 2. The van der Waals surface area contributed by atoms with E-state index in [0.717, 1.165) is 0 Å². The summed E-state index contributed by atoms with van der Waals surface area (Å²) >= 11 is 11.5. The molecular formula is C9H10Cl2O2. The molecule has 2 N–H and O–H groups in total. The van der Waals surface area contributed by atoms with E-state index in [1.54, 1.807) is 18.2 Å². The molecule has 4 heteroatoms. The first-order chi connectivity index (χ1) is 6.13. The highest BCUT2D eigenvalue weighted by Gasteiger charge is 2.08. The molecule has 0 fully saturated rings. The maximum absolute atomic E-state index is 9.49. The van der Waals surface area contributed by atoms with Gasteiger partial charge in [0.25, 0.3) is 0 Å². The molecule has 1 unspecified atom stereocenters. The number of benzene rings is 1. The standard InChI is InChI=1S/C9H10Cl2O2/c10-7-3-6(4-8(11)5-7)9(13)1-2-12/h3-5,9,12-13H,1-2H2. The van der Waals surface area contributed by atoms with Crippen LogP contribution in [-0.4, -0.2) is 16.8 Å². The first kappa shape index (κ1) is 10.8. The number of hydrogen-bond acceptors (Lipinski definition) is 2. The van der Waals surface area contributed by atoms with Gasteiger partial charge in [0.1, 0.15) is 0 Å². The van der Waals surface area contributed by atoms with Gasteiger partial charge in [-0.1, -0.05) is 23.2 Å². The Bertz CT molecular complexity index is 269. The molecule has 72 valence electrons. The van der Waals surface area contributed by atoms with E-state index in [-0.39, 0.29) is 13.0 Å². The maximum atomic E-state index is 9.49. The predicted molar refractivity (Wildman–Crippen MR) is 53.1 cm³/mol. The first-order valence-corrected chi connectivity index (χ1v) is 4.64. The third kappa shape index (κ3) is 3.16. The Morgan fingerprint density at radius 2 is 1.69 bits per heavy atom. The summed E-state index contributed by atoms with van der Waals surface area (Å²) < 4.78 is 0. The Labute approximate surface area is 86.7 Å². The molecule has 0 aliphatic heterocycles. The zero-order valence-electron chi connectivity index (χ0n) is 6.87. The lowest BCUT2D eigenvalue weighted by molar-refractivity contribution is 0.134. The zero-order valence-corrected chi connectivity index (χ0v) is 8.39. The summed E-state index contributed by atoms with van der Waals surface area (Å²) in [5.74, 6) is 0. The lowest BCUT2D eigenvalue weighted by Crippen LogP contribution is -1.99. The summed E-state index contributed by atoms with van der Waals surface area (Å²) in [5.41, 5.74) is 0.631. The van der Waals surface area contributed by atoms with Gasteiger partial charge >= 0.3 is 0 Å². The second-order valence-electron chi connectivity index (χ2n) is 2.73. The van der Waals surface area contributed by atoms with Crippen molar-refractivity contribution in [1.82, 2.24) is 0 Å². The summed E-state index contributed by atoms with van der Waals surface area (Å²) in [6.45, 7) is -0.0642. The van der Waals surface area contributed by atoms with Gasteiger partial charge in [-0.25, -0.2) is 0 Å². The third-order valence-corrected chi connectivity index (χ3v) is 2.11. The highest BCUT2D eigenvalue weighted by Crippen LogP contribution is 2.24. The summed E-state index contributed by atoms with van der Waals surface area (Å²) in [5, 5.41) is 19.1. The summed E-state index contributed by atoms with van der Waals surface area (Å²) in [4.78, 5) is 0. The molecule has 1 rings (SSSR count). The molecule has 0 bridgehead atoms. The van der Waals surface area contributed by atoms with Gasteiger partial charge in [-0.3, -0.25) is 0 Å². The minimum Gasteiger partial charge on any atom is -0.396 e. The molecule has 2 nitrogen and oxygen atoms in total. The van der Waals surface area contributed by atoms with Gasteiger partial charge < -0.3 is 10.2 Å². The van der Waals surface area contributed by atoms with Crippen LogP contribution in [0.2, 0.25) is 10.0 Å². The van der Waals surface area contributed by atoms with Crippen LogP contribution in [-0.2, 0) is 0 Å². The van der Waals surface area contributed by atoms with Crippen molar-refractivity contribution >= 4 is 23.2 Å². The zero-order chi connectivity index (χ0) is 9.84. The van der Waals surface area contributed by atoms with Gasteiger partial charge in [0.05, 0.1) is 6.10 Å². The molecular weight excluding hydrogens is 211 g/mol. The minimum atomic E-state index is -0.707. The van der Waals surface area contributed by atoms with Crippen molar-refractivity contribution in [3.8, 4) is 0 Å². The van der Waals surface area contributed by atoms with Crippen molar-refractivity contribution in [2.45, 2.75) is 12.5 Å². The van der Waals surface area contributed by atoms with E-state index in [1.807, 2.05) is 0 Å². The van der Waals surface area contributed by atoms with E-state index in [9.17, 15) is 5.11 Å². The fraction of sp³-hybridized carbons (Fsp3) is 0.333. The minimum absolute atomic E-state index is 0.0642. The van der Waals surface area contributed by atoms with Gasteiger partial charge in [0.2, 0.25) is 0 Å². The number of rotatable bonds is 3. The lowest BCUT2D eigenvalue weighted by atomic mass is 10.1. The second-order valence-corrected chi connectivity index (χ2v) is 3.60. The Morgan fingerprint density at radius 1 is 1.15 bits per heavy atom. The van der Waals surface area contributed by atoms with Crippen LogP contribution in [0.15, 0.2) is 18.2 Å². The number of aliphatic hydroxyl groups excluding tert-OH is 2. The highest BCUT2D eigenvalue weighted by molar-refractivity contribution is 6.34. The van der Waals surface area contributed by atoms with Gasteiger partial charge in [-0.05, 0) is 23.8 Å². The van der Waals surface area contributed by atoms with Gasteiger partial charge in [-0.2, -0.15) is 0 Å². The fourth-order valence-electron chi connectivity index (χ4n) is 1.06. The SMILES string of the molecule is OCCC(O)c1cc(Cl)cc(Cl)c1. The summed E-state index contributed by atoms with van der Waals surface area (Å²) in [6.07, 6.45) is -0.419. The van der Waals surface area contributed by atoms with Crippen molar-refractivity contribution in [1.29, 1.82) is 0 Å². The van der Waals surface area contributed by atoms with Crippen LogP contribution in [0.4, 0.5) is 0 Å². The average molecular weight is 221 g/mol. The Morgan fingerprint density at radius 3 is 2.15 bits per heavy atom. The number of halogens is 2. The molecule has 0 amide bonds. The van der Waals surface area contributed by atoms with Crippen molar-refractivity contribution in [2.24, 2.45) is 0 Å². The number of hydrogen-bond donors (Lipinski definition) is 2. The van der Waals surface area contributed by atoms with Crippen LogP contribution in [0.1, 0.15) is 18.1 Å². The Kier molecular flexibility index (Phi) is 4.00. The molecule has 1 atom stereocenters. The Balaban J connectivity index is 2.87. The largest absolute Gasteiger partial charge is 0.396 e.